The highest BCUT2D eigenvalue weighted by Crippen LogP contribution is 2.64. The number of aliphatic hydroxyl groups is 6. The predicted molar refractivity (Wildman–Crippen MR) is 298 cm³/mol. The molecule has 16 bridgehead atoms. The van der Waals surface area contributed by atoms with Crippen molar-refractivity contribution in [3.8, 4) is 0 Å². The first-order valence-electron chi connectivity index (χ1n) is 31.8. The summed E-state index contributed by atoms with van der Waals surface area (Å²) in [4.78, 5) is 49.7. The summed E-state index contributed by atoms with van der Waals surface area (Å²) in [6.07, 6.45) is 23.5. The van der Waals surface area contributed by atoms with Gasteiger partial charge in [-0.15, -0.1) is 0 Å². The molecular formula is C65H106O14. The normalized spacial score (nSPS) is 45.3. The summed E-state index contributed by atoms with van der Waals surface area (Å²) in [5, 5.41) is 64.0. The van der Waals surface area contributed by atoms with Crippen LogP contribution >= 0.6 is 0 Å². The molecule has 6 N–H and O–H groups in total. The summed E-state index contributed by atoms with van der Waals surface area (Å²) >= 11 is 0. The molecular weight excluding hydrogens is 1000 g/mol. The fourth-order valence-electron chi connectivity index (χ4n) is 19.9. The van der Waals surface area contributed by atoms with Gasteiger partial charge in [-0.25, -0.2) is 0 Å². The van der Waals surface area contributed by atoms with Crippen LogP contribution in [0.2, 0.25) is 0 Å². The van der Waals surface area contributed by atoms with Gasteiger partial charge in [0.15, 0.2) is 0 Å². The Hall–Kier alpha value is -2.36. The Balaban J connectivity index is 0.000000128. The monoisotopic (exact) mass is 1110 g/mol. The molecule has 79 heavy (non-hydrogen) atoms. The Kier molecular flexibility index (Phi) is 16.0. The lowest BCUT2D eigenvalue weighted by molar-refractivity contribution is -0.265. The van der Waals surface area contributed by atoms with Gasteiger partial charge in [-0.05, 0) is 204 Å². The van der Waals surface area contributed by atoms with Gasteiger partial charge in [0.2, 0.25) is 0 Å². The summed E-state index contributed by atoms with van der Waals surface area (Å²) in [6, 6.07) is 0. The van der Waals surface area contributed by atoms with E-state index >= 15 is 0 Å². The maximum atomic E-state index is 12.6. The molecule has 16 aliphatic carbocycles. The molecule has 16 saturated carbocycles. The van der Waals surface area contributed by atoms with Crippen LogP contribution in [0.3, 0.4) is 0 Å². The molecule has 16 rings (SSSR count). The lowest BCUT2D eigenvalue weighted by atomic mass is 9.50. The van der Waals surface area contributed by atoms with Crippen molar-refractivity contribution in [3.05, 3.63) is 0 Å². The van der Waals surface area contributed by atoms with Crippen LogP contribution in [0.5, 0.6) is 0 Å². The van der Waals surface area contributed by atoms with Crippen molar-refractivity contribution in [3.63, 3.8) is 0 Å². The molecule has 0 aromatic heterocycles. The van der Waals surface area contributed by atoms with Crippen molar-refractivity contribution >= 4 is 23.9 Å². The minimum Gasteiger partial charge on any atom is -0.459 e. The Bertz CT molecular complexity index is 2230. The van der Waals surface area contributed by atoms with Crippen molar-refractivity contribution in [2.45, 2.75) is 325 Å². The van der Waals surface area contributed by atoms with Crippen LogP contribution in [0, 0.1) is 57.7 Å². The highest BCUT2D eigenvalue weighted by atomic mass is 16.6. The van der Waals surface area contributed by atoms with Gasteiger partial charge in [0.25, 0.3) is 0 Å². The van der Waals surface area contributed by atoms with E-state index < -0.39 is 55.6 Å². The molecule has 9 atom stereocenters. The summed E-state index contributed by atoms with van der Waals surface area (Å²) in [5.74, 6) is 2.31. The number of hydrogen-bond donors (Lipinski definition) is 6. The molecule has 0 radical (unpaired) electrons. The van der Waals surface area contributed by atoms with Gasteiger partial charge in [0.1, 0.15) is 22.4 Å². The summed E-state index contributed by atoms with van der Waals surface area (Å²) in [7, 11) is 0. The van der Waals surface area contributed by atoms with Crippen molar-refractivity contribution in [2.24, 2.45) is 57.7 Å². The van der Waals surface area contributed by atoms with Gasteiger partial charge in [-0.1, -0.05) is 48.5 Å². The van der Waals surface area contributed by atoms with Gasteiger partial charge in [-0.3, -0.25) is 19.2 Å². The fourth-order valence-corrected chi connectivity index (χ4v) is 19.9. The Morgan fingerprint density at radius 2 is 0.658 bits per heavy atom. The van der Waals surface area contributed by atoms with Crippen molar-refractivity contribution in [1.29, 1.82) is 0 Å². The summed E-state index contributed by atoms with van der Waals surface area (Å²) in [5.41, 5.74) is -7.80. The highest BCUT2D eigenvalue weighted by molar-refractivity contribution is 5.78. The maximum absolute atomic E-state index is 12.6. The van der Waals surface area contributed by atoms with Crippen LogP contribution in [-0.2, 0) is 38.1 Å². The number of rotatable bonds is 14. The lowest BCUT2D eigenvalue weighted by Crippen LogP contribution is -2.67. The molecule has 0 aromatic carbocycles. The fraction of sp³-hybridized carbons (Fsp3) is 0.938. The molecule has 16 aliphatic rings. The van der Waals surface area contributed by atoms with Crippen LogP contribution in [0.1, 0.15) is 269 Å². The van der Waals surface area contributed by atoms with Crippen molar-refractivity contribution in [1.82, 2.24) is 0 Å². The zero-order valence-electron chi connectivity index (χ0n) is 50.7. The highest BCUT2D eigenvalue weighted by Gasteiger charge is 2.67. The van der Waals surface area contributed by atoms with Crippen LogP contribution in [0.25, 0.3) is 0 Å². The molecule has 0 heterocycles. The van der Waals surface area contributed by atoms with Gasteiger partial charge >= 0.3 is 23.9 Å². The Morgan fingerprint density at radius 3 is 0.949 bits per heavy atom. The van der Waals surface area contributed by atoms with Gasteiger partial charge < -0.3 is 49.6 Å². The molecule has 0 saturated heterocycles. The molecule has 450 valence electrons. The molecule has 0 aliphatic heterocycles. The standard InChI is InChI=1S/C17H28O4.C17H28O3.C16H26O4.C15H24O3/c1-4-14(3,5-2)13(18)21-17-8-12-6-15(19,10-17)9-16(20,7-12)11-17;1-4-15(3,5-2)14(18)20-17-9-12-6-13(10-17)8-16(19,7-12)11-17;1-4-13(2,3)12(17)20-16-7-11-5-14(18,9-16)8-15(19,6-11)10-16;1-3-10(2)13(16)18-15-7-11-4-12(8-15)6-14(17,5-11)9-15/h12,19-20H,4-11H2,1-3H3;12-13,19H,4-11H2,1-3H3;11,18-19H,4-10H2,1-3H3;10-12,17H,3-9H2,1-2H3. The molecule has 0 spiro atoms. The largest absolute Gasteiger partial charge is 0.459 e. The minimum absolute atomic E-state index is 0.0207. The van der Waals surface area contributed by atoms with E-state index in [2.05, 4.69) is 13.8 Å². The zero-order chi connectivity index (χ0) is 57.9. The minimum atomic E-state index is -0.844. The second-order valence-electron chi connectivity index (χ2n) is 31.7. The SMILES string of the molecule is CCC(C)(C)C(=O)OC12CC3CC(O)(CC(O)(C3)C1)C2.CCC(C)(CC)C(=O)OC12CC3CC(CC(O)(C3)C1)C2.CCC(C)(CC)C(=O)OC12CC3CC(O)(CC(O)(C3)C1)C2.CCC(C)C(=O)OC12CC3CC(CC(O)(C3)C1)C2. The van der Waals surface area contributed by atoms with E-state index in [1.54, 1.807) is 0 Å². The molecule has 0 amide bonds. The second kappa shape index (κ2) is 20.7. The third-order valence-corrected chi connectivity index (χ3v) is 23.7. The number of esters is 4. The molecule has 14 heteroatoms. The van der Waals surface area contributed by atoms with E-state index in [4.69, 9.17) is 18.9 Å². The van der Waals surface area contributed by atoms with Crippen LogP contribution in [0.15, 0.2) is 0 Å². The van der Waals surface area contributed by atoms with Crippen molar-refractivity contribution < 1.29 is 68.8 Å². The molecule has 9 unspecified atom stereocenters. The second-order valence-corrected chi connectivity index (χ2v) is 31.7. The van der Waals surface area contributed by atoms with Gasteiger partial charge in [0, 0.05) is 51.4 Å². The number of hydrogen-bond acceptors (Lipinski definition) is 14. The first-order valence-corrected chi connectivity index (χ1v) is 31.8. The van der Waals surface area contributed by atoms with Crippen LogP contribution in [-0.4, -0.2) is 111 Å². The van der Waals surface area contributed by atoms with E-state index in [-0.39, 0.29) is 58.2 Å². The maximum Gasteiger partial charge on any atom is 0.312 e. The van der Waals surface area contributed by atoms with E-state index in [1.165, 1.54) is 12.8 Å². The topological polar surface area (TPSA) is 227 Å². The molecule has 0 aromatic rings. The number of carbonyl (C=O) groups excluding carboxylic acids is 4. The first kappa shape index (κ1) is 61.2. The quantitative estimate of drug-likeness (QED) is 0.0703. The zero-order valence-corrected chi connectivity index (χ0v) is 50.7. The first-order chi connectivity index (χ1) is 36.5. The average Bonchev–Trinajstić information content (AvgIpc) is 3.52. The smallest absolute Gasteiger partial charge is 0.312 e. The van der Waals surface area contributed by atoms with E-state index in [0.717, 1.165) is 128 Å². The van der Waals surface area contributed by atoms with Crippen LogP contribution in [0.4, 0.5) is 0 Å². The van der Waals surface area contributed by atoms with E-state index in [1.807, 2.05) is 62.3 Å². The van der Waals surface area contributed by atoms with E-state index in [0.29, 0.717) is 75.0 Å². The summed E-state index contributed by atoms with van der Waals surface area (Å²) in [6.45, 7) is 21.8. The molecule has 14 nitrogen and oxygen atoms in total. The van der Waals surface area contributed by atoms with E-state index in [9.17, 15) is 49.8 Å². The lowest BCUT2D eigenvalue weighted by Gasteiger charge is -2.62. The molecule has 16 fully saturated rings. The number of carbonyl (C=O) groups is 4. The average molecular weight is 1110 g/mol. The Morgan fingerprint density at radius 1 is 0.380 bits per heavy atom. The van der Waals surface area contributed by atoms with Crippen LogP contribution < -0.4 is 0 Å². The third kappa shape index (κ3) is 12.3. The predicted octanol–water partition coefficient (Wildman–Crippen LogP) is 10.8. The number of ether oxygens (including phenoxy) is 4. The third-order valence-electron chi connectivity index (χ3n) is 23.7. The Labute approximate surface area is 473 Å². The van der Waals surface area contributed by atoms with Gasteiger partial charge in [-0.2, -0.15) is 0 Å². The van der Waals surface area contributed by atoms with Crippen molar-refractivity contribution in [2.75, 3.05) is 0 Å². The van der Waals surface area contributed by atoms with Gasteiger partial charge in [0.05, 0.1) is 55.8 Å². The summed E-state index contributed by atoms with van der Waals surface area (Å²) < 4.78 is 23.8.